The Morgan fingerprint density at radius 3 is 1.95 bits per heavy atom. The Labute approximate surface area is 128 Å². The third-order valence-electron chi connectivity index (χ3n) is 6.75. The second kappa shape index (κ2) is 6.41. The standard InChI is InChI=1S/C20H38/c1-14(2)18-9-7-8-15(3)19(18)16-10-12-17(13-11-16)20(4,5)6/h14-19H,7-13H2,1-6H3. The molecule has 0 aromatic heterocycles. The van der Waals surface area contributed by atoms with Gasteiger partial charge in [-0.2, -0.15) is 0 Å². The highest BCUT2D eigenvalue weighted by molar-refractivity contribution is 4.90. The molecule has 0 nitrogen and oxygen atoms in total. The highest BCUT2D eigenvalue weighted by Gasteiger charge is 2.40. The minimum absolute atomic E-state index is 0.528. The average Bonchev–Trinajstić information content (AvgIpc) is 2.37. The molecule has 20 heavy (non-hydrogen) atoms. The fourth-order valence-electron chi connectivity index (χ4n) is 5.44. The number of rotatable bonds is 2. The van der Waals surface area contributed by atoms with Crippen LogP contribution in [0.15, 0.2) is 0 Å². The molecule has 2 saturated carbocycles. The summed E-state index contributed by atoms with van der Waals surface area (Å²) in [6, 6.07) is 0. The fourth-order valence-corrected chi connectivity index (χ4v) is 5.44. The van der Waals surface area contributed by atoms with Gasteiger partial charge in [-0.15, -0.1) is 0 Å². The van der Waals surface area contributed by atoms with Crippen molar-refractivity contribution in [1.29, 1.82) is 0 Å². The van der Waals surface area contributed by atoms with Crippen LogP contribution in [0, 0.1) is 40.9 Å². The van der Waals surface area contributed by atoms with Gasteiger partial charge in [0, 0.05) is 0 Å². The van der Waals surface area contributed by atoms with Gasteiger partial charge in [0.2, 0.25) is 0 Å². The van der Waals surface area contributed by atoms with Crippen molar-refractivity contribution < 1.29 is 0 Å². The smallest absolute Gasteiger partial charge is 0.0329 e. The Hall–Kier alpha value is 0. The van der Waals surface area contributed by atoms with Crippen molar-refractivity contribution in [2.75, 3.05) is 0 Å². The lowest BCUT2D eigenvalue weighted by Gasteiger charge is -2.47. The van der Waals surface area contributed by atoms with E-state index in [4.69, 9.17) is 0 Å². The highest BCUT2D eigenvalue weighted by atomic mass is 14.5. The first-order chi connectivity index (χ1) is 9.30. The summed E-state index contributed by atoms with van der Waals surface area (Å²) in [5.74, 6) is 5.92. The first-order valence-corrected chi connectivity index (χ1v) is 9.30. The van der Waals surface area contributed by atoms with Crippen LogP contribution in [0.2, 0.25) is 0 Å². The fraction of sp³-hybridized carbons (Fsp3) is 1.00. The molecule has 0 radical (unpaired) electrons. The predicted octanol–water partition coefficient (Wildman–Crippen LogP) is 6.55. The van der Waals surface area contributed by atoms with Gasteiger partial charge < -0.3 is 0 Å². The van der Waals surface area contributed by atoms with Gasteiger partial charge in [0.15, 0.2) is 0 Å². The van der Waals surface area contributed by atoms with Crippen molar-refractivity contribution in [2.24, 2.45) is 40.9 Å². The molecule has 2 rings (SSSR count). The maximum Gasteiger partial charge on any atom is -0.0329 e. The zero-order valence-corrected chi connectivity index (χ0v) is 14.9. The molecule has 0 aromatic rings. The Kier molecular flexibility index (Phi) is 5.24. The molecule has 0 heteroatoms. The molecule has 0 heterocycles. The molecule has 3 atom stereocenters. The molecule has 2 aliphatic carbocycles. The lowest BCUT2D eigenvalue weighted by molar-refractivity contribution is 0.0297. The van der Waals surface area contributed by atoms with Crippen LogP contribution in [0.3, 0.4) is 0 Å². The second-order valence-electron chi connectivity index (χ2n) is 9.37. The van der Waals surface area contributed by atoms with Crippen LogP contribution in [-0.2, 0) is 0 Å². The molecule has 0 aliphatic heterocycles. The molecule has 0 aromatic carbocycles. The molecule has 118 valence electrons. The maximum atomic E-state index is 2.55. The van der Waals surface area contributed by atoms with Crippen molar-refractivity contribution in [3.63, 3.8) is 0 Å². The summed E-state index contributed by atoms with van der Waals surface area (Å²) >= 11 is 0. The SMILES string of the molecule is CC(C)C1CCCC(C)C1C1CCC(C(C)(C)C)CC1. The Morgan fingerprint density at radius 2 is 1.45 bits per heavy atom. The van der Waals surface area contributed by atoms with Gasteiger partial charge in [-0.1, -0.05) is 54.4 Å². The third kappa shape index (κ3) is 3.60. The molecular weight excluding hydrogens is 240 g/mol. The van der Waals surface area contributed by atoms with Gasteiger partial charge in [-0.05, 0) is 73.0 Å². The van der Waals surface area contributed by atoms with Crippen LogP contribution in [0.25, 0.3) is 0 Å². The summed E-state index contributed by atoms with van der Waals surface area (Å²) in [5, 5.41) is 0. The van der Waals surface area contributed by atoms with E-state index in [0.29, 0.717) is 5.41 Å². The van der Waals surface area contributed by atoms with Gasteiger partial charge in [0.05, 0.1) is 0 Å². The average molecular weight is 279 g/mol. The Balaban J connectivity index is 2.00. The normalized spacial score (nSPS) is 40.0. The van der Waals surface area contributed by atoms with E-state index in [-0.39, 0.29) is 0 Å². The van der Waals surface area contributed by atoms with Crippen molar-refractivity contribution in [1.82, 2.24) is 0 Å². The molecule has 0 saturated heterocycles. The number of hydrogen-bond donors (Lipinski definition) is 0. The van der Waals surface area contributed by atoms with Crippen LogP contribution < -0.4 is 0 Å². The monoisotopic (exact) mass is 278 g/mol. The third-order valence-corrected chi connectivity index (χ3v) is 6.75. The summed E-state index contributed by atoms with van der Waals surface area (Å²) in [6.07, 6.45) is 10.5. The second-order valence-corrected chi connectivity index (χ2v) is 9.37. The van der Waals surface area contributed by atoms with Crippen molar-refractivity contribution in [2.45, 2.75) is 86.5 Å². The van der Waals surface area contributed by atoms with Gasteiger partial charge in [0.1, 0.15) is 0 Å². The summed E-state index contributed by atoms with van der Waals surface area (Å²) < 4.78 is 0. The van der Waals surface area contributed by atoms with Crippen molar-refractivity contribution >= 4 is 0 Å². The van der Waals surface area contributed by atoms with Gasteiger partial charge in [-0.3, -0.25) is 0 Å². The largest absolute Gasteiger partial charge is 0.0625 e. The first-order valence-electron chi connectivity index (χ1n) is 9.30. The maximum absolute atomic E-state index is 2.55. The van der Waals surface area contributed by atoms with Crippen LogP contribution in [0.5, 0.6) is 0 Å². The summed E-state index contributed by atoms with van der Waals surface area (Å²) in [5.41, 5.74) is 0.528. The van der Waals surface area contributed by atoms with E-state index in [1.807, 2.05) is 0 Å². The Morgan fingerprint density at radius 1 is 0.850 bits per heavy atom. The molecule has 0 spiro atoms. The van der Waals surface area contributed by atoms with E-state index in [1.165, 1.54) is 44.9 Å². The number of hydrogen-bond acceptors (Lipinski definition) is 0. The van der Waals surface area contributed by atoms with Crippen LogP contribution in [-0.4, -0.2) is 0 Å². The van der Waals surface area contributed by atoms with E-state index in [2.05, 4.69) is 41.5 Å². The molecule has 0 bridgehead atoms. The van der Waals surface area contributed by atoms with Crippen LogP contribution >= 0.6 is 0 Å². The van der Waals surface area contributed by atoms with E-state index >= 15 is 0 Å². The van der Waals surface area contributed by atoms with E-state index < -0.39 is 0 Å². The van der Waals surface area contributed by atoms with E-state index in [1.54, 1.807) is 0 Å². The first kappa shape index (κ1) is 16.4. The summed E-state index contributed by atoms with van der Waals surface area (Å²) in [7, 11) is 0. The van der Waals surface area contributed by atoms with E-state index in [0.717, 1.165) is 35.5 Å². The van der Waals surface area contributed by atoms with Gasteiger partial charge >= 0.3 is 0 Å². The zero-order chi connectivity index (χ0) is 14.9. The van der Waals surface area contributed by atoms with Crippen molar-refractivity contribution in [3.05, 3.63) is 0 Å². The van der Waals surface area contributed by atoms with Crippen LogP contribution in [0.4, 0.5) is 0 Å². The van der Waals surface area contributed by atoms with E-state index in [9.17, 15) is 0 Å². The lowest BCUT2D eigenvalue weighted by Crippen LogP contribution is -2.38. The quantitative estimate of drug-likeness (QED) is 0.537. The molecule has 2 fully saturated rings. The highest BCUT2D eigenvalue weighted by Crippen LogP contribution is 2.49. The minimum Gasteiger partial charge on any atom is -0.0625 e. The molecule has 0 amide bonds. The summed E-state index contributed by atoms with van der Waals surface area (Å²) in [4.78, 5) is 0. The van der Waals surface area contributed by atoms with Crippen molar-refractivity contribution in [3.8, 4) is 0 Å². The molecule has 0 N–H and O–H groups in total. The topological polar surface area (TPSA) is 0 Å². The predicted molar refractivity (Wildman–Crippen MR) is 89.7 cm³/mol. The zero-order valence-electron chi connectivity index (χ0n) is 14.9. The Bertz CT molecular complexity index is 288. The molecule has 2 aliphatic rings. The molecule has 3 unspecified atom stereocenters. The van der Waals surface area contributed by atoms with Gasteiger partial charge in [-0.25, -0.2) is 0 Å². The summed E-state index contributed by atoms with van der Waals surface area (Å²) in [6.45, 7) is 14.8. The lowest BCUT2D eigenvalue weighted by atomic mass is 9.58. The van der Waals surface area contributed by atoms with Crippen LogP contribution in [0.1, 0.15) is 86.5 Å². The minimum atomic E-state index is 0.528. The molecular formula is C20H38. The van der Waals surface area contributed by atoms with Gasteiger partial charge in [0.25, 0.3) is 0 Å².